The van der Waals surface area contributed by atoms with Crippen LogP contribution >= 0.6 is 15.9 Å². The maximum Gasteiger partial charge on any atom is 0.156 e. The van der Waals surface area contributed by atoms with Gasteiger partial charge in [-0.1, -0.05) is 13.3 Å². The summed E-state index contributed by atoms with van der Waals surface area (Å²) in [5.41, 5.74) is 6.19. The van der Waals surface area contributed by atoms with Crippen LogP contribution < -0.4 is 10.5 Å². The normalized spacial score (nSPS) is 23.9. The number of rotatable bonds is 3. The Labute approximate surface area is 116 Å². The van der Waals surface area contributed by atoms with Gasteiger partial charge in [-0.25, -0.2) is 4.39 Å². The van der Waals surface area contributed by atoms with Crippen LogP contribution in [-0.2, 0) is 0 Å². The zero-order valence-corrected chi connectivity index (χ0v) is 12.2. The largest absolute Gasteiger partial charge is 0.487 e. The number of benzene rings is 1. The van der Waals surface area contributed by atoms with Gasteiger partial charge >= 0.3 is 0 Å². The Morgan fingerprint density at radius 1 is 1.39 bits per heavy atom. The van der Waals surface area contributed by atoms with Gasteiger partial charge < -0.3 is 10.5 Å². The fourth-order valence-corrected chi connectivity index (χ4v) is 3.19. The molecule has 2 N–H and O–H groups in total. The van der Waals surface area contributed by atoms with E-state index in [2.05, 4.69) is 22.9 Å². The van der Waals surface area contributed by atoms with Crippen LogP contribution in [0.4, 0.5) is 10.1 Å². The molecule has 2 rings (SSSR count). The third-order valence-corrected chi connectivity index (χ3v) is 4.26. The summed E-state index contributed by atoms with van der Waals surface area (Å²) >= 11 is 3.32. The summed E-state index contributed by atoms with van der Waals surface area (Å²) in [4.78, 5) is 0. The molecule has 0 amide bonds. The minimum Gasteiger partial charge on any atom is -0.487 e. The molecule has 100 valence electrons. The second kappa shape index (κ2) is 5.91. The summed E-state index contributed by atoms with van der Waals surface area (Å²) in [5.74, 6) is 0.819. The summed E-state index contributed by atoms with van der Waals surface area (Å²) in [7, 11) is 0. The molecule has 1 saturated carbocycles. The summed E-state index contributed by atoms with van der Waals surface area (Å²) in [6.07, 6.45) is 6.05. The fourth-order valence-electron chi connectivity index (χ4n) is 2.65. The molecule has 1 aromatic rings. The molecule has 0 aliphatic heterocycles. The Kier molecular flexibility index (Phi) is 4.49. The van der Waals surface area contributed by atoms with Crippen molar-refractivity contribution >= 4 is 21.6 Å². The van der Waals surface area contributed by atoms with Crippen molar-refractivity contribution in [3.63, 3.8) is 0 Å². The lowest BCUT2D eigenvalue weighted by molar-refractivity contribution is 0.0903. The summed E-state index contributed by atoms with van der Waals surface area (Å²) in [6.45, 7) is 2.19. The van der Waals surface area contributed by atoms with Crippen molar-refractivity contribution in [3.05, 3.63) is 22.4 Å². The van der Waals surface area contributed by atoms with Crippen LogP contribution in [0.15, 0.2) is 16.6 Å². The Bertz CT molecular complexity index is 401. The highest BCUT2D eigenvalue weighted by molar-refractivity contribution is 9.10. The van der Waals surface area contributed by atoms with Crippen LogP contribution in [0.5, 0.6) is 5.75 Å². The number of hydrogen-bond donors (Lipinski definition) is 1. The van der Waals surface area contributed by atoms with E-state index in [1.807, 2.05) is 0 Å². The molecular formula is C14H19BrFNO. The maximum absolute atomic E-state index is 13.2. The van der Waals surface area contributed by atoms with Crippen molar-refractivity contribution in [2.24, 2.45) is 5.92 Å². The average molecular weight is 316 g/mol. The number of anilines is 1. The van der Waals surface area contributed by atoms with E-state index in [4.69, 9.17) is 10.5 Å². The molecule has 0 aromatic heterocycles. The highest BCUT2D eigenvalue weighted by Crippen LogP contribution is 2.37. The number of halogens is 2. The van der Waals surface area contributed by atoms with Gasteiger partial charge in [-0.3, -0.25) is 0 Å². The highest BCUT2D eigenvalue weighted by Gasteiger charge is 2.26. The topological polar surface area (TPSA) is 35.2 Å². The van der Waals surface area contributed by atoms with Crippen LogP contribution in [0.2, 0.25) is 0 Å². The van der Waals surface area contributed by atoms with E-state index >= 15 is 0 Å². The third kappa shape index (κ3) is 2.97. The quantitative estimate of drug-likeness (QED) is 0.832. The summed E-state index contributed by atoms with van der Waals surface area (Å²) in [5, 5.41) is 0. The van der Waals surface area contributed by atoms with E-state index in [0.29, 0.717) is 21.8 Å². The van der Waals surface area contributed by atoms with E-state index < -0.39 is 0 Å². The lowest BCUT2D eigenvalue weighted by Gasteiger charge is -2.31. The highest BCUT2D eigenvalue weighted by atomic mass is 79.9. The molecule has 2 unspecified atom stereocenters. The van der Waals surface area contributed by atoms with Gasteiger partial charge in [0, 0.05) is 6.07 Å². The predicted octanol–water partition coefficient (Wildman–Crippen LogP) is 4.52. The van der Waals surface area contributed by atoms with Crippen LogP contribution in [0.1, 0.15) is 39.0 Å². The molecule has 2 nitrogen and oxygen atoms in total. The SMILES string of the molecule is CCC1CCCCC1Oc1c(N)cc(F)cc1Br. The first-order chi connectivity index (χ1) is 8.61. The van der Waals surface area contributed by atoms with E-state index in [1.54, 1.807) is 0 Å². The minimum atomic E-state index is -0.345. The van der Waals surface area contributed by atoms with E-state index in [1.165, 1.54) is 31.4 Å². The molecule has 2 atom stereocenters. The number of nitrogens with two attached hydrogens (primary N) is 1. The molecule has 18 heavy (non-hydrogen) atoms. The van der Waals surface area contributed by atoms with Gasteiger partial charge in [-0.05, 0) is 53.6 Å². The van der Waals surface area contributed by atoms with Crippen molar-refractivity contribution in [1.29, 1.82) is 0 Å². The molecule has 1 aliphatic rings. The van der Waals surface area contributed by atoms with E-state index in [-0.39, 0.29) is 11.9 Å². The second-order valence-corrected chi connectivity index (χ2v) is 5.77. The molecule has 1 fully saturated rings. The summed E-state index contributed by atoms with van der Waals surface area (Å²) in [6, 6.07) is 2.71. The first kappa shape index (κ1) is 13.7. The van der Waals surface area contributed by atoms with Crippen molar-refractivity contribution in [2.45, 2.75) is 45.1 Å². The zero-order chi connectivity index (χ0) is 13.1. The molecule has 0 bridgehead atoms. The van der Waals surface area contributed by atoms with Crippen LogP contribution in [-0.4, -0.2) is 6.10 Å². The predicted molar refractivity (Wildman–Crippen MR) is 75.2 cm³/mol. The Morgan fingerprint density at radius 2 is 2.11 bits per heavy atom. The molecule has 0 saturated heterocycles. The Morgan fingerprint density at radius 3 is 2.78 bits per heavy atom. The first-order valence-corrected chi connectivity index (χ1v) is 7.32. The number of hydrogen-bond acceptors (Lipinski definition) is 2. The fraction of sp³-hybridized carbons (Fsp3) is 0.571. The van der Waals surface area contributed by atoms with Crippen LogP contribution in [0, 0.1) is 11.7 Å². The van der Waals surface area contributed by atoms with Gasteiger partial charge in [0.25, 0.3) is 0 Å². The minimum absolute atomic E-state index is 0.202. The zero-order valence-electron chi connectivity index (χ0n) is 10.6. The third-order valence-electron chi connectivity index (χ3n) is 3.67. The van der Waals surface area contributed by atoms with Crippen molar-refractivity contribution in [2.75, 3.05) is 5.73 Å². The molecule has 0 spiro atoms. The standard InChI is InChI=1S/C14H19BrFNO/c1-2-9-5-3-4-6-13(9)18-14-11(15)7-10(16)8-12(14)17/h7-9,13H,2-6,17H2,1H3. The van der Waals surface area contributed by atoms with E-state index in [9.17, 15) is 4.39 Å². The molecule has 1 aromatic carbocycles. The number of ether oxygens (including phenoxy) is 1. The summed E-state index contributed by atoms with van der Waals surface area (Å²) < 4.78 is 19.8. The Balaban J connectivity index is 2.17. The smallest absolute Gasteiger partial charge is 0.156 e. The van der Waals surface area contributed by atoms with Crippen molar-refractivity contribution < 1.29 is 9.13 Å². The molecular weight excluding hydrogens is 297 g/mol. The lowest BCUT2D eigenvalue weighted by Crippen LogP contribution is -2.30. The van der Waals surface area contributed by atoms with Gasteiger partial charge in [0.1, 0.15) is 11.9 Å². The monoisotopic (exact) mass is 315 g/mol. The first-order valence-electron chi connectivity index (χ1n) is 6.53. The molecule has 0 heterocycles. The van der Waals surface area contributed by atoms with Gasteiger partial charge in [0.05, 0.1) is 10.2 Å². The van der Waals surface area contributed by atoms with Gasteiger partial charge in [-0.2, -0.15) is 0 Å². The van der Waals surface area contributed by atoms with Crippen molar-refractivity contribution in [3.8, 4) is 5.75 Å². The maximum atomic E-state index is 13.2. The average Bonchev–Trinajstić information content (AvgIpc) is 2.34. The molecule has 0 radical (unpaired) electrons. The van der Waals surface area contributed by atoms with Gasteiger partial charge in [-0.15, -0.1) is 0 Å². The van der Waals surface area contributed by atoms with Gasteiger partial charge in [0.15, 0.2) is 5.75 Å². The van der Waals surface area contributed by atoms with Gasteiger partial charge in [0.2, 0.25) is 0 Å². The van der Waals surface area contributed by atoms with Crippen LogP contribution in [0.25, 0.3) is 0 Å². The lowest BCUT2D eigenvalue weighted by atomic mass is 9.85. The number of nitrogen functional groups attached to an aromatic ring is 1. The van der Waals surface area contributed by atoms with Crippen LogP contribution in [0.3, 0.4) is 0 Å². The van der Waals surface area contributed by atoms with E-state index in [0.717, 1.165) is 12.8 Å². The van der Waals surface area contributed by atoms with Crippen molar-refractivity contribution in [1.82, 2.24) is 0 Å². The molecule has 1 aliphatic carbocycles. The molecule has 4 heteroatoms. The Hall–Kier alpha value is -0.770. The second-order valence-electron chi connectivity index (χ2n) is 4.92.